The summed E-state index contributed by atoms with van der Waals surface area (Å²) in [6, 6.07) is 13.6. The van der Waals surface area contributed by atoms with Gasteiger partial charge in [-0.25, -0.2) is 8.42 Å². The van der Waals surface area contributed by atoms with Crippen molar-refractivity contribution < 1.29 is 13.2 Å². The van der Waals surface area contributed by atoms with Crippen molar-refractivity contribution in [3.63, 3.8) is 0 Å². The fourth-order valence-electron chi connectivity index (χ4n) is 2.30. The number of benzene rings is 2. The maximum atomic E-state index is 12.4. The highest BCUT2D eigenvalue weighted by molar-refractivity contribution is 9.10. The molecule has 1 aromatic heterocycles. The molecule has 0 aliphatic heterocycles. The predicted molar refractivity (Wildman–Crippen MR) is 112 cm³/mol. The third-order valence-corrected chi connectivity index (χ3v) is 6.61. The molecule has 2 aromatic carbocycles. The summed E-state index contributed by atoms with van der Waals surface area (Å²) in [5.41, 5.74) is 1.53. The van der Waals surface area contributed by atoms with Crippen LogP contribution in [-0.2, 0) is 16.4 Å². The quantitative estimate of drug-likeness (QED) is 0.539. The first-order chi connectivity index (χ1) is 13.3. The number of amides is 1. The molecule has 3 rings (SSSR count). The lowest BCUT2D eigenvalue weighted by Gasteiger charge is -2.05. The van der Waals surface area contributed by atoms with E-state index in [9.17, 15) is 13.2 Å². The number of hydrogen-bond acceptors (Lipinski definition) is 6. The summed E-state index contributed by atoms with van der Waals surface area (Å²) in [4.78, 5) is 12.3. The van der Waals surface area contributed by atoms with Crippen LogP contribution in [-0.4, -0.2) is 31.1 Å². The Hall–Kier alpha value is -2.30. The number of nitrogens with zero attached hydrogens (tertiary/aromatic N) is 2. The molecular formula is C18H17BrN4O3S2. The molecule has 1 amide bonds. The van der Waals surface area contributed by atoms with Crippen LogP contribution in [0, 0.1) is 6.92 Å². The molecular weight excluding hydrogens is 464 g/mol. The number of carbonyl (C=O) groups is 1. The van der Waals surface area contributed by atoms with E-state index in [1.54, 1.807) is 30.3 Å². The Morgan fingerprint density at radius 2 is 1.89 bits per heavy atom. The van der Waals surface area contributed by atoms with Gasteiger partial charge in [0.1, 0.15) is 5.01 Å². The first-order valence-corrected chi connectivity index (χ1v) is 11.4. The summed E-state index contributed by atoms with van der Waals surface area (Å²) in [5.74, 6) is -0.189. The number of rotatable bonds is 7. The van der Waals surface area contributed by atoms with Crippen LogP contribution in [0.1, 0.15) is 20.9 Å². The standard InChI is InChI=1S/C18H17BrN4O3S2/c1-12-5-7-15(8-6-12)28(25,26)23-18-22-21-16(27-18)9-10-20-17(24)13-3-2-4-14(19)11-13/h2-8,11H,9-10H2,1H3,(H,20,24)(H,22,23). The normalized spacial score (nSPS) is 11.2. The molecule has 2 N–H and O–H groups in total. The smallest absolute Gasteiger partial charge is 0.263 e. The number of carbonyl (C=O) groups excluding carboxylic acids is 1. The number of sulfonamides is 1. The van der Waals surface area contributed by atoms with Crippen molar-refractivity contribution in [3.05, 3.63) is 69.1 Å². The van der Waals surface area contributed by atoms with Gasteiger partial charge in [-0.3, -0.25) is 9.52 Å². The predicted octanol–water partition coefficient (Wildman–Crippen LogP) is 3.38. The van der Waals surface area contributed by atoms with E-state index in [0.717, 1.165) is 21.4 Å². The highest BCUT2D eigenvalue weighted by Gasteiger charge is 2.16. The van der Waals surface area contributed by atoms with Crippen molar-refractivity contribution in [2.75, 3.05) is 11.3 Å². The van der Waals surface area contributed by atoms with E-state index in [1.165, 1.54) is 12.1 Å². The first kappa shape index (κ1) is 20.4. The van der Waals surface area contributed by atoms with Crippen LogP contribution in [0.15, 0.2) is 57.9 Å². The van der Waals surface area contributed by atoms with Gasteiger partial charge in [-0.2, -0.15) is 0 Å². The molecule has 0 saturated carbocycles. The van der Waals surface area contributed by atoms with Crippen molar-refractivity contribution in [1.29, 1.82) is 0 Å². The minimum atomic E-state index is -3.71. The number of aryl methyl sites for hydroxylation is 1. The number of anilines is 1. The topological polar surface area (TPSA) is 101 Å². The lowest BCUT2D eigenvalue weighted by molar-refractivity contribution is 0.0954. The highest BCUT2D eigenvalue weighted by Crippen LogP contribution is 2.20. The largest absolute Gasteiger partial charge is 0.352 e. The summed E-state index contributed by atoms with van der Waals surface area (Å²) >= 11 is 4.47. The highest BCUT2D eigenvalue weighted by atomic mass is 79.9. The molecule has 0 saturated heterocycles. The van der Waals surface area contributed by atoms with E-state index >= 15 is 0 Å². The van der Waals surface area contributed by atoms with Crippen molar-refractivity contribution in [3.8, 4) is 0 Å². The van der Waals surface area contributed by atoms with Crippen LogP contribution in [0.4, 0.5) is 5.13 Å². The molecule has 3 aromatic rings. The van der Waals surface area contributed by atoms with Crippen LogP contribution in [0.3, 0.4) is 0 Å². The van der Waals surface area contributed by atoms with Gasteiger partial charge in [-0.1, -0.05) is 51.0 Å². The molecule has 0 aliphatic carbocycles. The second-order valence-electron chi connectivity index (χ2n) is 5.94. The number of aromatic nitrogens is 2. The summed E-state index contributed by atoms with van der Waals surface area (Å²) in [5, 5.41) is 11.5. The van der Waals surface area contributed by atoms with Crippen LogP contribution in [0.5, 0.6) is 0 Å². The SMILES string of the molecule is Cc1ccc(S(=O)(=O)Nc2nnc(CCNC(=O)c3cccc(Br)c3)s2)cc1. The second kappa shape index (κ2) is 8.80. The van der Waals surface area contributed by atoms with E-state index in [0.29, 0.717) is 23.5 Å². The Balaban J connectivity index is 1.55. The van der Waals surface area contributed by atoms with Gasteiger partial charge >= 0.3 is 0 Å². The van der Waals surface area contributed by atoms with Crippen LogP contribution in [0.25, 0.3) is 0 Å². The van der Waals surface area contributed by atoms with Crippen LogP contribution in [0.2, 0.25) is 0 Å². The minimum absolute atomic E-state index is 0.163. The Morgan fingerprint density at radius 3 is 2.61 bits per heavy atom. The van der Waals surface area contributed by atoms with Gasteiger partial charge in [0.15, 0.2) is 0 Å². The Kier molecular flexibility index (Phi) is 6.42. The monoisotopic (exact) mass is 480 g/mol. The zero-order valence-electron chi connectivity index (χ0n) is 14.8. The third-order valence-electron chi connectivity index (χ3n) is 3.73. The van der Waals surface area contributed by atoms with Gasteiger partial charge < -0.3 is 5.32 Å². The molecule has 0 unspecified atom stereocenters. The Bertz CT molecular complexity index is 1080. The summed E-state index contributed by atoms with van der Waals surface area (Å²) in [6.07, 6.45) is 0.448. The van der Waals surface area contributed by atoms with Gasteiger partial charge in [0, 0.05) is 23.0 Å². The van der Waals surface area contributed by atoms with E-state index < -0.39 is 10.0 Å². The van der Waals surface area contributed by atoms with Gasteiger partial charge in [-0.15, -0.1) is 10.2 Å². The molecule has 1 heterocycles. The molecule has 0 radical (unpaired) electrons. The van der Waals surface area contributed by atoms with Crippen molar-refractivity contribution in [2.45, 2.75) is 18.2 Å². The molecule has 0 fully saturated rings. The van der Waals surface area contributed by atoms with Crippen molar-refractivity contribution >= 4 is 48.3 Å². The Labute approximate surface area is 175 Å². The number of hydrogen-bond donors (Lipinski definition) is 2. The number of nitrogens with one attached hydrogen (secondary N) is 2. The van der Waals surface area contributed by atoms with Crippen LogP contribution < -0.4 is 10.0 Å². The Morgan fingerprint density at radius 1 is 1.14 bits per heavy atom. The van der Waals surface area contributed by atoms with Gasteiger partial charge in [0.05, 0.1) is 4.90 Å². The summed E-state index contributed by atoms with van der Waals surface area (Å²) in [6.45, 7) is 2.25. The lowest BCUT2D eigenvalue weighted by Crippen LogP contribution is -2.25. The fraction of sp³-hybridized carbons (Fsp3) is 0.167. The first-order valence-electron chi connectivity index (χ1n) is 8.29. The van der Waals surface area contributed by atoms with E-state index in [1.807, 2.05) is 13.0 Å². The lowest BCUT2D eigenvalue weighted by atomic mass is 10.2. The molecule has 10 heteroatoms. The molecule has 0 atom stereocenters. The van der Waals surface area contributed by atoms with E-state index in [2.05, 4.69) is 36.2 Å². The van der Waals surface area contributed by atoms with E-state index in [-0.39, 0.29) is 15.9 Å². The van der Waals surface area contributed by atoms with Gasteiger partial charge in [0.2, 0.25) is 5.13 Å². The van der Waals surface area contributed by atoms with Crippen molar-refractivity contribution in [1.82, 2.24) is 15.5 Å². The number of halogens is 1. The molecule has 0 spiro atoms. The van der Waals surface area contributed by atoms with Gasteiger partial charge in [0.25, 0.3) is 15.9 Å². The maximum Gasteiger partial charge on any atom is 0.263 e. The molecule has 7 nitrogen and oxygen atoms in total. The van der Waals surface area contributed by atoms with Crippen LogP contribution >= 0.6 is 27.3 Å². The molecule has 28 heavy (non-hydrogen) atoms. The minimum Gasteiger partial charge on any atom is -0.352 e. The second-order valence-corrected chi connectivity index (χ2v) is 9.60. The van der Waals surface area contributed by atoms with Gasteiger partial charge in [-0.05, 0) is 37.3 Å². The van der Waals surface area contributed by atoms with E-state index in [4.69, 9.17) is 0 Å². The average molecular weight is 481 g/mol. The molecule has 0 aliphatic rings. The maximum absolute atomic E-state index is 12.4. The zero-order chi connectivity index (χ0) is 20.1. The summed E-state index contributed by atoms with van der Waals surface area (Å²) < 4.78 is 28.0. The molecule has 0 bridgehead atoms. The molecule has 146 valence electrons. The third kappa shape index (κ3) is 5.37. The zero-order valence-corrected chi connectivity index (χ0v) is 18.1. The fourth-order valence-corrected chi connectivity index (χ4v) is 4.67. The summed E-state index contributed by atoms with van der Waals surface area (Å²) in [7, 11) is -3.71. The average Bonchev–Trinajstić information content (AvgIpc) is 3.08. The van der Waals surface area contributed by atoms with Crippen molar-refractivity contribution in [2.24, 2.45) is 0 Å².